The van der Waals surface area contributed by atoms with Crippen molar-refractivity contribution in [2.45, 2.75) is 26.6 Å². The van der Waals surface area contributed by atoms with E-state index < -0.39 is 17.7 Å². The van der Waals surface area contributed by atoms with Crippen LogP contribution in [0.25, 0.3) is 0 Å². The molecule has 1 aromatic carbocycles. The Morgan fingerprint density at radius 2 is 1.76 bits per heavy atom. The first-order valence-corrected chi connectivity index (χ1v) is 6.31. The van der Waals surface area contributed by atoms with Gasteiger partial charge in [0.2, 0.25) is 0 Å². The van der Waals surface area contributed by atoms with Gasteiger partial charge in [-0.15, -0.1) is 0 Å². The van der Waals surface area contributed by atoms with Crippen molar-refractivity contribution >= 4 is 23.9 Å². The van der Waals surface area contributed by atoms with Gasteiger partial charge in [0.05, 0.1) is 0 Å². The lowest BCUT2D eigenvalue weighted by atomic mass is 10.1. The summed E-state index contributed by atoms with van der Waals surface area (Å²) in [5.41, 5.74) is 1.57. The molecule has 110 valence electrons. The molecule has 1 N–H and O–H groups in total. The minimum absolute atomic E-state index is 0.258. The maximum Gasteiger partial charge on any atom is 0.350 e. The van der Waals surface area contributed by atoms with Crippen LogP contribution in [0.4, 0.5) is 5.69 Å². The highest BCUT2D eigenvalue weighted by Crippen LogP contribution is 2.23. The number of cyclic esters (lactones) is 2. The summed E-state index contributed by atoms with van der Waals surface area (Å²) in [6.45, 7) is 4.79. The monoisotopic (exact) mass is 289 g/mol. The normalized spacial score (nSPS) is 16.8. The fourth-order valence-electron chi connectivity index (χ4n) is 1.84. The van der Waals surface area contributed by atoms with Gasteiger partial charge in [-0.1, -0.05) is 11.6 Å². The van der Waals surface area contributed by atoms with E-state index in [-0.39, 0.29) is 5.57 Å². The number of aldehydes is 1. The molecule has 1 saturated heterocycles. The van der Waals surface area contributed by atoms with Crippen molar-refractivity contribution in [2.75, 3.05) is 5.32 Å². The van der Waals surface area contributed by atoms with Crippen LogP contribution in [-0.2, 0) is 19.1 Å². The van der Waals surface area contributed by atoms with Gasteiger partial charge < -0.3 is 14.8 Å². The standard InChI is InChI=1S/C15H15NO5/c1-9-4-5-12(10(6-9)8-17)16-7-11-13(18)20-15(2,3)21-14(11)19/h4-8,16H,1-3H3. The van der Waals surface area contributed by atoms with Gasteiger partial charge in [-0.3, -0.25) is 4.79 Å². The highest BCUT2D eigenvalue weighted by molar-refractivity contribution is 6.15. The van der Waals surface area contributed by atoms with E-state index in [0.717, 1.165) is 5.56 Å². The van der Waals surface area contributed by atoms with Crippen molar-refractivity contribution in [1.82, 2.24) is 0 Å². The van der Waals surface area contributed by atoms with Crippen molar-refractivity contribution in [3.8, 4) is 0 Å². The lowest BCUT2D eigenvalue weighted by molar-refractivity contribution is -0.222. The summed E-state index contributed by atoms with van der Waals surface area (Å²) in [7, 11) is 0. The molecule has 1 heterocycles. The quantitative estimate of drug-likeness (QED) is 0.396. The first kappa shape index (κ1) is 14.8. The van der Waals surface area contributed by atoms with Gasteiger partial charge in [-0.2, -0.15) is 0 Å². The summed E-state index contributed by atoms with van der Waals surface area (Å²) in [6.07, 6.45) is 1.87. The van der Waals surface area contributed by atoms with Crippen LogP contribution < -0.4 is 5.32 Å². The van der Waals surface area contributed by atoms with E-state index in [2.05, 4.69) is 5.32 Å². The van der Waals surface area contributed by atoms with Gasteiger partial charge in [0.25, 0.3) is 5.79 Å². The Morgan fingerprint density at radius 1 is 1.14 bits per heavy atom. The fourth-order valence-corrected chi connectivity index (χ4v) is 1.84. The predicted octanol–water partition coefficient (Wildman–Crippen LogP) is 1.94. The van der Waals surface area contributed by atoms with Gasteiger partial charge in [0.15, 0.2) is 11.9 Å². The number of hydrogen-bond acceptors (Lipinski definition) is 6. The third kappa shape index (κ3) is 3.28. The highest BCUT2D eigenvalue weighted by Gasteiger charge is 2.38. The maximum absolute atomic E-state index is 11.7. The topological polar surface area (TPSA) is 81.7 Å². The Labute approximate surface area is 121 Å². The molecule has 0 aliphatic carbocycles. The minimum atomic E-state index is -1.27. The second kappa shape index (κ2) is 5.40. The Morgan fingerprint density at radius 3 is 2.33 bits per heavy atom. The second-order valence-electron chi connectivity index (χ2n) is 5.09. The van der Waals surface area contributed by atoms with E-state index in [9.17, 15) is 14.4 Å². The molecule has 1 aromatic rings. The summed E-state index contributed by atoms with van der Waals surface area (Å²) >= 11 is 0. The summed E-state index contributed by atoms with van der Waals surface area (Å²) in [5, 5.41) is 2.75. The molecule has 0 atom stereocenters. The van der Waals surface area contributed by atoms with Crippen molar-refractivity contribution in [3.05, 3.63) is 41.1 Å². The van der Waals surface area contributed by atoms with Gasteiger partial charge in [0.1, 0.15) is 0 Å². The molecule has 6 nitrogen and oxygen atoms in total. The van der Waals surface area contributed by atoms with Crippen LogP contribution in [0.15, 0.2) is 30.0 Å². The maximum atomic E-state index is 11.7. The zero-order chi connectivity index (χ0) is 15.6. The van der Waals surface area contributed by atoms with Gasteiger partial charge >= 0.3 is 11.9 Å². The number of rotatable bonds is 3. The summed E-state index contributed by atoms with van der Waals surface area (Å²) < 4.78 is 9.92. The number of aryl methyl sites for hydroxylation is 1. The lowest BCUT2D eigenvalue weighted by Gasteiger charge is -2.29. The number of benzene rings is 1. The smallest absolute Gasteiger partial charge is 0.350 e. The molecule has 0 aromatic heterocycles. The number of esters is 2. The zero-order valence-corrected chi connectivity index (χ0v) is 11.9. The minimum Gasteiger partial charge on any atom is -0.419 e. The van der Waals surface area contributed by atoms with Crippen molar-refractivity contribution < 1.29 is 23.9 Å². The van der Waals surface area contributed by atoms with E-state index in [1.165, 1.54) is 20.0 Å². The van der Waals surface area contributed by atoms with Gasteiger partial charge in [-0.25, -0.2) is 9.59 Å². The number of nitrogens with one attached hydrogen (secondary N) is 1. The molecular formula is C15H15NO5. The van der Waals surface area contributed by atoms with Crippen LogP contribution in [0, 0.1) is 6.92 Å². The van der Waals surface area contributed by atoms with Crippen LogP contribution in [0.1, 0.15) is 29.8 Å². The van der Waals surface area contributed by atoms with Crippen molar-refractivity contribution in [2.24, 2.45) is 0 Å². The molecule has 1 aliphatic heterocycles. The second-order valence-corrected chi connectivity index (χ2v) is 5.09. The van der Waals surface area contributed by atoms with E-state index >= 15 is 0 Å². The molecule has 6 heteroatoms. The summed E-state index contributed by atoms with van der Waals surface area (Å²) in [4.78, 5) is 34.5. The zero-order valence-electron chi connectivity index (χ0n) is 11.9. The molecule has 21 heavy (non-hydrogen) atoms. The third-order valence-corrected chi connectivity index (χ3v) is 2.82. The van der Waals surface area contributed by atoms with Crippen LogP contribution in [0.2, 0.25) is 0 Å². The average Bonchev–Trinajstić information content (AvgIpc) is 2.37. The first-order valence-electron chi connectivity index (χ1n) is 6.31. The molecular weight excluding hydrogens is 274 g/mol. The van der Waals surface area contributed by atoms with Gasteiger partial charge in [0, 0.05) is 31.3 Å². The summed E-state index contributed by atoms with van der Waals surface area (Å²) in [6, 6.07) is 5.17. The van der Waals surface area contributed by atoms with Gasteiger partial charge in [-0.05, 0) is 19.1 Å². The largest absolute Gasteiger partial charge is 0.419 e. The number of carbonyl (C=O) groups is 3. The molecule has 0 unspecified atom stereocenters. The van der Waals surface area contributed by atoms with E-state index in [1.807, 2.05) is 6.92 Å². The average molecular weight is 289 g/mol. The summed E-state index contributed by atoms with van der Waals surface area (Å²) in [5.74, 6) is -2.82. The van der Waals surface area contributed by atoms with Crippen LogP contribution in [0.5, 0.6) is 0 Å². The number of hydrogen-bond donors (Lipinski definition) is 1. The molecule has 0 radical (unpaired) electrons. The van der Waals surface area contributed by atoms with Crippen LogP contribution in [-0.4, -0.2) is 24.0 Å². The lowest BCUT2D eigenvalue weighted by Crippen LogP contribution is -2.42. The Bertz CT molecular complexity index is 623. The molecule has 1 aliphatic rings. The Hall–Kier alpha value is -2.63. The SMILES string of the molecule is Cc1ccc(NC=C2C(=O)OC(C)(C)OC2=O)c(C=O)c1. The predicted molar refractivity (Wildman–Crippen MR) is 74.5 cm³/mol. The molecule has 2 rings (SSSR count). The number of carbonyl (C=O) groups excluding carboxylic acids is 3. The van der Waals surface area contributed by atoms with E-state index in [1.54, 1.807) is 18.2 Å². The highest BCUT2D eigenvalue weighted by atomic mass is 16.7. The molecule has 0 amide bonds. The number of ether oxygens (including phenoxy) is 2. The third-order valence-electron chi connectivity index (χ3n) is 2.82. The molecule has 0 spiro atoms. The molecule has 1 fully saturated rings. The van der Waals surface area contributed by atoms with Crippen molar-refractivity contribution in [1.29, 1.82) is 0 Å². The number of anilines is 1. The van der Waals surface area contributed by atoms with Crippen LogP contribution >= 0.6 is 0 Å². The Kier molecular flexibility index (Phi) is 3.80. The molecule has 0 saturated carbocycles. The van der Waals surface area contributed by atoms with Crippen molar-refractivity contribution in [3.63, 3.8) is 0 Å². The Balaban J connectivity index is 2.24. The van der Waals surface area contributed by atoms with E-state index in [0.29, 0.717) is 17.5 Å². The van der Waals surface area contributed by atoms with Crippen LogP contribution in [0.3, 0.4) is 0 Å². The fraction of sp³-hybridized carbons (Fsp3) is 0.267. The first-order chi connectivity index (χ1) is 9.82. The molecule has 0 bridgehead atoms. The van der Waals surface area contributed by atoms with E-state index in [4.69, 9.17) is 9.47 Å².